The van der Waals surface area contributed by atoms with Crippen LogP contribution in [-0.4, -0.2) is 53.0 Å². The number of amides is 2. The number of carbonyl (C=O) groups excluding carboxylic acids is 2. The number of benzene rings is 2. The molecule has 10 heteroatoms. The van der Waals surface area contributed by atoms with E-state index in [1.165, 1.54) is 40.7 Å². The predicted octanol–water partition coefficient (Wildman–Crippen LogP) is 2.36. The Bertz CT molecular complexity index is 948. The Labute approximate surface area is 182 Å². The summed E-state index contributed by atoms with van der Waals surface area (Å²) in [5, 5.41) is 6.41. The third-order valence-corrected chi connectivity index (χ3v) is 4.64. The topological polar surface area (TPSA) is 107 Å². The third kappa shape index (κ3) is 5.86. The van der Waals surface area contributed by atoms with E-state index >= 15 is 0 Å². The van der Waals surface area contributed by atoms with Crippen molar-refractivity contribution >= 4 is 34.0 Å². The summed E-state index contributed by atoms with van der Waals surface area (Å²) in [6, 6.07) is 8.14. The molecule has 0 atom stereocenters. The van der Waals surface area contributed by atoms with Crippen LogP contribution in [0.4, 0.5) is 0 Å². The van der Waals surface area contributed by atoms with Crippen molar-refractivity contribution in [3.8, 4) is 23.0 Å². The van der Waals surface area contributed by atoms with E-state index in [1.54, 1.807) is 24.3 Å². The summed E-state index contributed by atoms with van der Waals surface area (Å²) in [6.45, 7) is -0.252. The molecule has 0 saturated carbocycles. The second-order valence-electron chi connectivity index (χ2n) is 5.77. The fourth-order valence-corrected chi connectivity index (χ4v) is 2.85. The molecular weight excluding hydrogens is 458 g/mol. The van der Waals surface area contributed by atoms with Crippen LogP contribution in [-0.2, 0) is 4.79 Å². The molecule has 0 aliphatic heterocycles. The van der Waals surface area contributed by atoms with E-state index in [1.807, 2.05) is 0 Å². The van der Waals surface area contributed by atoms with Crippen LogP contribution in [0.15, 0.2) is 39.9 Å². The van der Waals surface area contributed by atoms with Gasteiger partial charge >= 0.3 is 0 Å². The van der Waals surface area contributed by atoms with Gasteiger partial charge in [-0.25, -0.2) is 5.43 Å². The Morgan fingerprint density at radius 3 is 2.17 bits per heavy atom. The van der Waals surface area contributed by atoms with E-state index in [0.717, 1.165) is 0 Å². The van der Waals surface area contributed by atoms with E-state index in [0.29, 0.717) is 38.6 Å². The maximum atomic E-state index is 12.2. The van der Waals surface area contributed by atoms with Crippen molar-refractivity contribution in [1.82, 2.24) is 10.7 Å². The lowest BCUT2D eigenvalue weighted by Crippen LogP contribution is -2.34. The SMILES string of the molecule is COc1ccc(C(=O)NCC(=O)N/N=C/c2cc(OC)c(OC)cc2Br)cc1OC. The van der Waals surface area contributed by atoms with Crippen LogP contribution in [0.5, 0.6) is 23.0 Å². The molecule has 9 nitrogen and oxygen atoms in total. The van der Waals surface area contributed by atoms with E-state index in [-0.39, 0.29) is 6.54 Å². The van der Waals surface area contributed by atoms with E-state index in [4.69, 9.17) is 18.9 Å². The van der Waals surface area contributed by atoms with Gasteiger partial charge in [-0.15, -0.1) is 0 Å². The first-order valence-electron chi connectivity index (χ1n) is 8.67. The highest BCUT2D eigenvalue weighted by Gasteiger charge is 2.12. The minimum absolute atomic E-state index is 0.252. The number of nitrogens with zero attached hydrogens (tertiary/aromatic N) is 1. The molecule has 2 N–H and O–H groups in total. The van der Waals surface area contributed by atoms with Crippen LogP contribution in [0.3, 0.4) is 0 Å². The van der Waals surface area contributed by atoms with Crippen LogP contribution in [0.25, 0.3) is 0 Å². The molecule has 2 aromatic rings. The zero-order valence-corrected chi connectivity index (χ0v) is 18.5. The van der Waals surface area contributed by atoms with E-state index in [9.17, 15) is 9.59 Å². The monoisotopic (exact) mass is 479 g/mol. The van der Waals surface area contributed by atoms with Gasteiger partial charge in [-0.2, -0.15) is 5.10 Å². The highest BCUT2D eigenvalue weighted by Crippen LogP contribution is 2.32. The number of carbonyl (C=O) groups is 2. The fourth-order valence-electron chi connectivity index (χ4n) is 2.42. The van der Waals surface area contributed by atoms with Crippen molar-refractivity contribution in [3.05, 3.63) is 45.9 Å². The zero-order chi connectivity index (χ0) is 22.1. The number of ether oxygens (including phenoxy) is 4. The van der Waals surface area contributed by atoms with Gasteiger partial charge in [0.1, 0.15) is 0 Å². The van der Waals surface area contributed by atoms with Crippen molar-refractivity contribution in [1.29, 1.82) is 0 Å². The van der Waals surface area contributed by atoms with Gasteiger partial charge in [0, 0.05) is 15.6 Å². The maximum Gasteiger partial charge on any atom is 0.259 e. The van der Waals surface area contributed by atoms with E-state index < -0.39 is 11.8 Å². The Kier molecular flexibility index (Phi) is 8.48. The summed E-state index contributed by atoms with van der Waals surface area (Å²) in [5.41, 5.74) is 3.35. The number of hydrazone groups is 1. The Hall–Kier alpha value is -3.27. The molecule has 2 rings (SSSR count). The average Bonchev–Trinajstić information content (AvgIpc) is 2.77. The lowest BCUT2D eigenvalue weighted by Gasteiger charge is -2.10. The van der Waals surface area contributed by atoms with E-state index in [2.05, 4.69) is 31.8 Å². The molecule has 0 saturated heterocycles. The molecule has 0 radical (unpaired) electrons. The van der Waals surface area contributed by atoms with Crippen molar-refractivity contribution in [3.63, 3.8) is 0 Å². The summed E-state index contributed by atoms with van der Waals surface area (Å²) < 4.78 is 21.5. The first-order chi connectivity index (χ1) is 14.4. The van der Waals surface area contributed by atoms with Gasteiger partial charge in [-0.05, 0) is 46.3 Å². The summed E-state index contributed by atoms with van der Waals surface area (Å²) in [5.74, 6) is 1.08. The minimum atomic E-state index is -0.489. The van der Waals surface area contributed by atoms with Crippen LogP contribution >= 0.6 is 15.9 Å². The van der Waals surface area contributed by atoms with Crippen LogP contribution < -0.4 is 29.7 Å². The maximum absolute atomic E-state index is 12.2. The zero-order valence-electron chi connectivity index (χ0n) is 16.9. The molecule has 2 amide bonds. The first kappa shape index (κ1) is 23.0. The summed E-state index contributed by atoms with van der Waals surface area (Å²) >= 11 is 3.40. The minimum Gasteiger partial charge on any atom is -0.493 e. The number of hydrogen-bond donors (Lipinski definition) is 2. The van der Waals surface area contributed by atoms with Crippen molar-refractivity contribution in [2.24, 2.45) is 5.10 Å². The number of methoxy groups -OCH3 is 4. The lowest BCUT2D eigenvalue weighted by molar-refractivity contribution is -0.120. The summed E-state index contributed by atoms with van der Waals surface area (Å²) in [6.07, 6.45) is 1.44. The Balaban J connectivity index is 1.93. The molecule has 2 aromatic carbocycles. The fraction of sp³-hybridized carbons (Fsp3) is 0.250. The number of halogens is 1. The largest absolute Gasteiger partial charge is 0.493 e. The number of rotatable bonds is 9. The van der Waals surface area contributed by atoms with Gasteiger partial charge in [0.15, 0.2) is 23.0 Å². The molecule has 0 fully saturated rings. The molecule has 0 aromatic heterocycles. The molecule has 160 valence electrons. The van der Waals surface area contributed by atoms with Gasteiger partial charge in [-0.3, -0.25) is 9.59 Å². The number of nitrogens with one attached hydrogen (secondary N) is 2. The quantitative estimate of drug-likeness (QED) is 0.422. The molecule has 0 unspecified atom stereocenters. The predicted molar refractivity (Wildman–Crippen MR) is 115 cm³/mol. The van der Waals surface area contributed by atoms with Gasteiger partial charge in [0.05, 0.1) is 41.2 Å². The molecule has 0 aliphatic carbocycles. The smallest absolute Gasteiger partial charge is 0.259 e. The Morgan fingerprint density at radius 1 is 0.933 bits per heavy atom. The molecule has 0 spiro atoms. The van der Waals surface area contributed by atoms with Crippen LogP contribution in [0.1, 0.15) is 15.9 Å². The second-order valence-corrected chi connectivity index (χ2v) is 6.63. The summed E-state index contributed by atoms with van der Waals surface area (Å²) in [7, 11) is 6.04. The third-order valence-electron chi connectivity index (χ3n) is 3.95. The normalized spacial score (nSPS) is 10.4. The highest BCUT2D eigenvalue weighted by molar-refractivity contribution is 9.10. The van der Waals surface area contributed by atoms with Gasteiger partial charge in [-0.1, -0.05) is 0 Å². The molecule has 0 heterocycles. The highest BCUT2D eigenvalue weighted by atomic mass is 79.9. The van der Waals surface area contributed by atoms with Crippen LogP contribution in [0, 0.1) is 0 Å². The van der Waals surface area contributed by atoms with Crippen molar-refractivity contribution in [2.75, 3.05) is 35.0 Å². The molecular formula is C20H22BrN3O6. The second kappa shape index (κ2) is 11.1. The number of hydrogen-bond acceptors (Lipinski definition) is 7. The van der Waals surface area contributed by atoms with Crippen LogP contribution in [0.2, 0.25) is 0 Å². The Morgan fingerprint density at radius 2 is 1.53 bits per heavy atom. The lowest BCUT2D eigenvalue weighted by atomic mass is 10.2. The van der Waals surface area contributed by atoms with Gasteiger partial charge < -0.3 is 24.3 Å². The van der Waals surface area contributed by atoms with Gasteiger partial charge in [0.25, 0.3) is 11.8 Å². The van der Waals surface area contributed by atoms with Gasteiger partial charge in [0.2, 0.25) is 0 Å². The standard InChI is InChI=1S/C20H22BrN3O6/c1-27-15-6-5-12(7-16(15)28-2)20(26)22-11-19(25)24-23-10-13-8-17(29-3)18(30-4)9-14(13)21/h5-10H,11H2,1-4H3,(H,22,26)(H,24,25)/b23-10+. The summed E-state index contributed by atoms with van der Waals surface area (Å²) in [4.78, 5) is 24.2. The molecule has 30 heavy (non-hydrogen) atoms. The molecule has 0 aliphatic rings. The first-order valence-corrected chi connectivity index (χ1v) is 9.46. The van der Waals surface area contributed by atoms with Crippen molar-refractivity contribution < 1.29 is 28.5 Å². The average molecular weight is 480 g/mol. The van der Waals surface area contributed by atoms with Crippen molar-refractivity contribution in [2.45, 2.75) is 0 Å². The molecule has 0 bridgehead atoms.